The fourth-order valence-corrected chi connectivity index (χ4v) is 4.35. The van der Waals surface area contributed by atoms with Gasteiger partial charge in [-0.1, -0.05) is 0 Å². The fraction of sp³-hybridized carbons (Fsp3) is 0.667. The lowest BCUT2D eigenvalue weighted by Gasteiger charge is -2.27. The average Bonchev–Trinajstić information content (AvgIpc) is 3.29. The largest absolute Gasteiger partial charge is 0.334 e. The summed E-state index contributed by atoms with van der Waals surface area (Å²) in [6.45, 7) is 1.71. The Morgan fingerprint density at radius 1 is 1.22 bits per heavy atom. The molecule has 2 aliphatic rings. The van der Waals surface area contributed by atoms with E-state index in [0.29, 0.717) is 24.4 Å². The van der Waals surface area contributed by atoms with E-state index in [2.05, 4.69) is 20.6 Å². The van der Waals surface area contributed by atoms with Crippen LogP contribution in [0.5, 0.6) is 0 Å². The van der Waals surface area contributed by atoms with E-state index < -0.39 is 15.9 Å². The summed E-state index contributed by atoms with van der Waals surface area (Å²) in [5.74, 6) is 1.51. The molecule has 2 atom stereocenters. The molecule has 1 aromatic rings. The Balaban J connectivity index is 1.50. The Kier molecular flexibility index (Phi) is 4.52. The number of rotatable bonds is 4. The van der Waals surface area contributed by atoms with Crippen molar-refractivity contribution in [2.75, 3.05) is 11.1 Å². The van der Waals surface area contributed by atoms with E-state index >= 15 is 0 Å². The lowest BCUT2D eigenvalue weighted by Crippen LogP contribution is -2.47. The third-order valence-electron chi connectivity index (χ3n) is 4.43. The minimum atomic E-state index is -3.11. The molecule has 2 fully saturated rings. The number of sulfone groups is 1. The molecule has 1 aliphatic heterocycles. The quantitative estimate of drug-likeness (QED) is 0.867. The van der Waals surface area contributed by atoms with Crippen molar-refractivity contribution in [3.8, 4) is 0 Å². The van der Waals surface area contributed by atoms with Crippen molar-refractivity contribution in [3.63, 3.8) is 0 Å². The van der Waals surface area contributed by atoms with E-state index in [0.717, 1.165) is 12.2 Å². The monoisotopic (exact) mass is 338 g/mol. The molecule has 23 heavy (non-hydrogen) atoms. The molecular weight excluding hydrogens is 316 g/mol. The van der Waals surface area contributed by atoms with Crippen molar-refractivity contribution in [1.29, 1.82) is 0 Å². The molecule has 2 N–H and O–H groups in total. The summed E-state index contributed by atoms with van der Waals surface area (Å²) in [5, 5.41) is 5.05. The van der Waals surface area contributed by atoms with Crippen molar-refractivity contribution in [2.45, 2.75) is 50.3 Å². The van der Waals surface area contributed by atoms with Crippen LogP contribution in [0.15, 0.2) is 12.4 Å². The highest BCUT2D eigenvalue weighted by Crippen LogP contribution is 2.31. The number of urea groups is 1. The Hall–Kier alpha value is -1.70. The molecule has 2 unspecified atom stereocenters. The van der Waals surface area contributed by atoms with Gasteiger partial charge < -0.3 is 10.6 Å². The molecule has 2 heterocycles. The zero-order valence-electron chi connectivity index (χ0n) is 13.2. The fourth-order valence-electron chi connectivity index (χ4n) is 2.71. The van der Waals surface area contributed by atoms with Crippen LogP contribution < -0.4 is 10.6 Å². The van der Waals surface area contributed by atoms with Gasteiger partial charge >= 0.3 is 6.03 Å². The summed E-state index contributed by atoms with van der Waals surface area (Å²) in [6, 6.07) is -0.760. The molecule has 1 aliphatic carbocycles. The molecule has 0 spiro atoms. The van der Waals surface area contributed by atoms with Crippen molar-refractivity contribution < 1.29 is 13.2 Å². The molecule has 0 aromatic carbocycles. The van der Waals surface area contributed by atoms with Crippen LogP contribution in [0.1, 0.15) is 38.4 Å². The predicted molar refractivity (Wildman–Crippen MR) is 86.9 cm³/mol. The molecule has 2 amide bonds. The van der Waals surface area contributed by atoms with Crippen LogP contribution in [0.25, 0.3) is 0 Å². The molecule has 1 saturated heterocycles. The topological polar surface area (TPSA) is 101 Å². The summed E-state index contributed by atoms with van der Waals surface area (Å²) in [6.07, 6.45) is 7.80. The summed E-state index contributed by atoms with van der Waals surface area (Å²) >= 11 is 0. The Morgan fingerprint density at radius 3 is 2.52 bits per heavy atom. The van der Waals surface area contributed by atoms with Gasteiger partial charge in [0.1, 0.15) is 5.82 Å². The van der Waals surface area contributed by atoms with E-state index in [-0.39, 0.29) is 17.0 Å². The maximum Gasteiger partial charge on any atom is 0.319 e. The van der Waals surface area contributed by atoms with Crippen LogP contribution in [-0.2, 0) is 16.3 Å². The zero-order chi connectivity index (χ0) is 16.4. The molecule has 7 nitrogen and oxygen atoms in total. The smallest absolute Gasteiger partial charge is 0.319 e. The van der Waals surface area contributed by atoms with Gasteiger partial charge in [0.05, 0.1) is 29.1 Å². The normalized spacial score (nSPS) is 26.5. The Morgan fingerprint density at radius 2 is 1.91 bits per heavy atom. The first-order valence-electron chi connectivity index (χ1n) is 8.02. The van der Waals surface area contributed by atoms with Gasteiger partial charge in [-0.15, -0.1) is 0 Å². The molecule has 3 rings (SSSR count). The summed E-state index contributed by atoms with van der Waals surface area (Å²) in [5.41, 5.74) is 0.508. The third kappa shape index (κ3) is 4.40. The van der Waals surface area contributed by atoms with Crippen molar-refractivity contribution in [1.82, 2.24) is 15.3 Å². The van der Waals surface area contributed by atoms with Crippen molar-refractivity contribution in [3.05, 3.63) is 18.2 Å². The molecule has 126 valence electrons. The van der Waals surface area contributed by atoms with Crippen LogP contribution >= 0.6 is 0 Å². The van der Waals surface area contributed by atoms with Crippen LogP contribution in [-0.4, -0.2) is 41.5 Å². The number of carbonyl (C=O) groups is 1. The standard InChI is InChI=1S/C15H22N4O3S/c1-10-2-5-12(9-23(10,21)22)18-15(20)19-13-7-16-14(17-8-13)6-11-3-4-11/h7-8,10-12H,2-6,9H2,1H3,(H2,18,19,20). The minimum absolute atomic E-state index is 0.00157. The molecular formula is C15H22N4O3S. The van der Waals surface area contributed by atoms with Crippen molar-refractivity contribution in [2.24, 2.45) is 5.92 Å². The SMILES string of the molecule is CC1CCC(NC(=O)Nc2cnc(CC3CC3)nc2)CS1(=O)=O. The van der Waals surface area contributed by atoms with Crippen LogP contribution in [0.4, 0.5) is 10.5 Å². The lowest BCUT2D eigenvalue weighted by molar-refractivity contribution is 0.248. The highest BCUT2D eigenvalue weighted by atomic mass is 32.2. The van der Waals surface area contributed by atoms with E-state index in [1.807, 2.05) is 0 Å². The van der Waals surface area contributed by atoms with Gasteiger partial charge in [-0.3, -0.25) is 0 Å². The molecule has 0 radical (unpaired) electrons. The number of nitrogens with zero attached hydrogens (tertiary/aromatic N) is 2. The number of carbonyl (C=O) groups excluding carboxylic acids is 1. The molecule has 8 heteroatoms. The van der Waals surface area contributed by atoms with Gasteiger partial charge in [0.15, 0.2) is 9.84 Å². The van der Waals surface area contributed by atoms with Gasteiger partial charge in [0, 0.05) is 12.5 Å². The number of hydrogen-bond donors (Lipinski definition) is 2. The second-order valence-electron chi connectivity index (χ2n) is 6.55. The summed E-state index contributed by atoms with van der Waals surface area (Å²) in [4.78, 5) is 20.5. The van der Waals surface area contributed by atoms with Crippen LogP contribution in [0.3, 0.4) is 0 Å². The second kappa shape index (κ2) is 6.43. The predicted octanol–water partition coefficient (Wildman–Crippen LogP) is 1.52. The first-order valence-corrected chi connectivity index (χ1v) is 9.74. The average molecular weight is 338 g/mol. The highest BCUT2D eigenvalue weighted by Gasteiger charge is 2.31. The van der Waals surface area contributed by atoms with E-state index in [4.69, 9.17) is 0 Å². The summed E-state index contributed by atoms with van der Waals surface area (Å²) < 4.78 is 23.7. The van der Waals surface area contributed by atoms with Crippen LogP contribution in [0, 0.1) is 5.92 Å². The van der Waals surface area contributed by atoms with Gasteiger partial charge in [0.2, 0.25) is 0 Å². The number of aromatic nitrogens is 2. The Labute approximate surface area is 136 Å². The molecule has 0 bridgehead atoms. The molecule has 1 aromatic heterocycles. The maximum absolute atomic E-state index is 12.0. The Bertz CT molecular complexity index is 670. The van der Waals surface area contributed by atoms with E-state index in [1.165, 1.54) is 12.8 Å². The number of anilines is 1. The van der Waals surface area contributed by atoms with Gasteiger partial charge in [-0.05, 0) is 38.5 Å². The highest BCUT2D eigenvalue weighted by molar-refractivity contribution is 7.92. The second-order valence-corrected chi connectivity index (χ2v) is 9.01. The number of amides is 2. The third-order valence-corrected chi connectivity index (χ3v) is 6.76. The van der Waals surface area contributed by atoms with Crippen LogP contribution in [0.2, 0.25) is 0 Å². The first-order chi connectivity index (χ1) is 10.9. The first kappa shape index (κ1) is 16.2. The van der Waals surface area contributed by atoms with E-state index in [9.17, 15) is 13.2 Å². The minimum Gasteiger partial charge on any atom is -0.334 e. The maximum atomic E-state index is 12.0. The van der Waals surface area contributed by atoms with Crippen molar-refractivity contribution >= 4 is 21.6 Å². The summed E-state index contributed by atoms with van der Waals surface area (Å²) in [7, 11) is -3.11. The van der Waals surface area contributed by atoms with Gasteiger partial charge in [-0.25, -0.2) is 23.2 Å². The van der Waals surface area contributed by atoms with Gasteiger partial charge in [0.25, 0.3) is 0 Å². The lowest BCUT2D eigenvalue weighted by atomic mass is 10.1. The van der Waals surface area contributed by atoms with E-state index in [1.54, 1.807) is 19.3 Å². The number of nitrogens with one attached hydrogen (secondary N) is 2. The van der Waals surface area contributed by atoms with Gasteiger partial charge in [-0.2, -0.15) is 0 Å². The number of hydrogen-bond acceptors (Lipinski definition) is 5. The zero-order valence-corrected chi connectivity index (χ0v) is 14.0. The molecule has 1 saturated carbocycles.